The van der Waals surface area contributed by atoms with Gasteiger partial charge in [0.2, 0.25) is 0 Å². The fourth-order valence-corrected chi connectivity index (χ4v) is 3.16. The average Bonchev–Trinajstić information content (AvgIpc) is 2.65. The van der Waals surface area contributed by atoms with Crippen molar-refractivity contribution in [2.24, 2.45) is 5.92 Å². The molecule has 1 aromatic carbocycles. The molecule has 26 heavy (non-hydrogen) atoms. The molecule has 0 unspecified atom stereocenters. The van der Waals surface area contributed by atoms with Gasteiger partial charge in [-0.25, -0.2) is 0 Å². The van der Waals surface area contributed by atoms with E-state index in [1.165, 1.54) is 12.4 Å². The van der Waals surface area contributed by atoms with Crippen molar-refractivity contribution in [3.05, 3.63) is 58.9 Å². The van der Waals surface area contributed by atoms with Crippen LogP contribution in [0.1, 0.15) is 51.6 Å². The standard InChI is InChI=1S/C21H25N3O2/c1-14-7-9-24(10-8-14)21(26)18-11-17(12-22-13-18)20(25)23-19-6-4-5-15(2)16(19)3/h4-6,11-14H,7-10H2,1-3H3,(H,23,25). The van der Waals surface area contributed by atoms with Gasteiger partial charge in [0.1, 0.15) is 0 Å². The van der Waals surface area contributed by atoms with E-state index in [0.717, 1.165) is 42.7 Å². The summed E-state index contributed by atoms with van der Waals surface area (Å²) in [6.45, 7) is 7.71. The van der Waals surface area contributed by atoms with Gasteiger partial charge in [0.15, 0.2) is 0 Å². The van der Waals surface area contributed by atoms with Crippen molar-refractivity contribution in [1.29, 1.82) is 0 Å². The smallest absolute Gasteiger partial charge is 0.257 e. The van der Waals surface area contributed by atoms with Crippen LogP contribution >= 0.6 is 0 Å². The topological polar surface area (TPSA) is 62.3 Å². The first-order valence-electron chi connectivity index (χ1n) is 9.07. The highest BCUT2D eigenvalue weighted by atomic mass is 16.2. The fourth-order valence-electron chi connectivity index (χ4n) is 3.16. The number of carbonyl (C=O) groups excluding carboxylic acids is 2. The van der Waals surface area contributed by atoms with E-state index in [-0.39, 0.29) is 11.8 Å². The highest BCUT2D eigenvalue weighted by molar-refractivity contribution is 6.06. The monoisotopic (exact) mass is 351 g/mol. The zero-order valence-electron chi connectivity index (χ0n) is 15.6. The third kappa shape index (κ3) is 3.93. The lowest BCUT2D eigenvalue weighted by Crippen LogP contribution is -2.38. The highest BCUT2D eigenvalue weighted by Gasteiger charge is 2.22. The summed E-state index contributed by atoms with van der Waals surface area (Å²) >= 11 is 0. The molecule has 1 fully saturated rings. The van der Waals surface area contributed by atoms with E-state index in [2.05, 4.69) is 17.2 Å². The lowest BCUT2D eigenvalue weighted by molar-refractivity contribution is 0.0697. The molecule has 2 amide bonds. The van der Waals surface area contributed by atoms with Crippen LogP contribution in [0.4, 0.5) is 5.69 Å². The van der Waals surface area contributed by atoms with Crippen LogP contribution < -0.4 is 5.32 Å². The molecule has 0 saturated carbocycles. The Labute approximate surface area is 154 Å². The Balaban J connectivity index is 1.75. The molecule has 1 aliphatic rings. The summed E-state index contributed by atoms with van der Waals surface area (Å²) in [6.07, 6.45) is 5.07. The van der Waals surface area contributed by atoms with Crippen LogP contribution in [0.15, 0.2) is 36.7 Å². The summed E-state index contributed by atoms with van der Waals surface area (Å²) in [5, 5.41) is 2.91. The molecule has 0 radical (unpaired) electrons. The summed E-state index contributed by atoms with van der Waals surface area (Å²) in [5.74, 6) is 0.353. The molecule has 1 N–H and O–H groups in total. The number of hydrogen-bond donors (Lipinski definition) is 1. The number of carbonyl (C=O) groups is 2. The Morgan fingerprint density at radius 1 is 1.12 bits per heavy atom. The molecule has 1 aliphatic heterocycles. The molecule has 0 bridgehead atoms. The normalized spacial score (nSPS) is 15.0. The summed E-state index contributed by atoms with van der Waals surface area (Å²) in [5.41, 5.74) is 3.78. The van der Waals surface area contributed by atoms with Gasteiger partial charge in [-0.15, -0.1) is 0 Å². The number of hydrogen-bond acceptors (Lipinski definition) is 3. The third-order valence-corrected chi connectivity index (χ3v) is 5.17. The predicted octanol–water partition coefficient (Wildman–Crippen LogP) is 3.82. The molecule has 0 aliphatic carbocycles. The van der Waals surface area contributed by atoms with Gasteiger partial charge in [-0.3, -0.25) is 14.6 Å². The second-order valence-electron chi connectivity index (χ2n) is 7.14. The first-order valence-corrected chi connectivity index (χ1v) is 9.07. The number of nitrogens with zero attached hydrogens (tertiary/aromatic N) is 2. The van der Waals surface area contributed by atoms with Crippen LogP contribution in [0, 0.1) is 19.8 Å². The van der Waals surface area contributed by atoms with E-state index >= 15 is 0 Å². The van der Waals surface area contributed by atoms with Gasteiger partial charge >= 0.3 is 0 Å². The lowest BCUT2D eigenvalue weighted by Gasteiger charge is -2.30. The molecular formula is C21H25N3O2. The Hall–Kier alpha value is -2.69. The number of piperidine rings is 1. The number of rotatable bonds is 3. The van der Waals surface area contributed by atoms with Crippen molar-refractivity contribution < 1.29 is 9.59 Å². The number of amides is 2. The quantitative estimate of drug-likeness (QED) is 0.914. The average molecular weight is 351 g/mol. The van der Waals surface area contributed by atoms with Gasteiger partial charge in [-0.05, 0) is 55.9 Å². The van der Waals surface area contributed by atoms with Gasteiger partial charge in [-0.2, -0.15) is 0 Å². The maximum Gasteiger partial charge on any atom is 0.257 e. The van der Waals surface area contributed by atoms with Crippen LogP contribution in [0.3, 0.4) is 0 Å². The van der Waals surface area contributed by atoms with Crippen molar-refractivity contribution in [2.45, 2.75) is 33.6 Å². The van der Waals surface area contributed by atoms with E-state index in [1.807, 2.05) is 36.9 Å². The summed E-state index contributed by atoms with van der Waals surface area (Å²) in [7, 11) is 0. The van der Waals surface area contributed by atoms with Gasteiger partial charge in [0.25, 0.3) is 11.8 Å². The van der Waals surface area contributed by atoms with Crippen LogP contribution in [-0.4, -0.2) is 34.8 Å². The number of nitrogens with one attached hydrogen (secondary N) is 1. The van der Waals surface area contributed by atoms with Crippen LogP contribution in [0.25, 0.3) is 0 Å². The van der Waals surface area contributed by atoms with E-state index in [9.17, 15) is 9.59 Å². The van der Waals surface area contributed by atoms with Gasteiger partial charge in [0, 0.05) is 31.2 Å². The van der Waals surface area contributed by atoms with Crippen LogP contribution in [-0.2, 0) is 0 Å². The molecule has 0 spiro atoms. The van der Waals surface area contributed by atoms with E-state index in [4.69, 9.17) is 0 Å². The molecule has 5 heteroatoms. The zero-order chi connectivity index (χ0) is 18.7. The molecule has 3 rings (SSSR count). The second-order valence-corrected chi connectivity index (χ2v) is 7.14. The molecule has 1 saturated heterocycles. The van der Waals surface area contributed by atoms with Crippen molar-refractivity contribution >= 4 is 17.5 Å². The minimum Gasteiger partial charge on any atom is -0.339 e. The maximum atomic E-state index is 12.7. The number of aromatic nitrogens is 1. The van der Waals surface area contributed by atoms with Crippen molar-refractivity contribution in [2.75, 3.05) is 18.4 Å². The number of likely N-dealkylation sites (tertiary alicyclic amines) is 1. The molecule has 5 nitrogen and oxygen atoms in total. The van der Waals surface area contributed by atoms with Crippen LogP contribution in [0.2, 0.25) is 0 Å². The number of benzene rings is 1. The van der Waals surface area contributed by atoms with Crippen molar-refractivity contribution in [3.8, 4) is 0 Å². The SMILES string of the molecule is Cc1cccc(NC(=O)c2cncc(C(=O)N3CCC(C)CC3)c2)c1C. The lowest BCUT2D eigenvalue weighted by atomic mass is 9.98. The Kier molecular flexibility index (Phi) is 5.35. The second kappa shape index (κ2) is 7.68. The number of anilines is 1. The molecular weight excluding hydrogens is 326 g/mol. The number of aryl methyl sites for hydroxylation is 1. The van der Waals surface area contributed by atoms with Crippen molar-refractivity contribution in [3.63, 3.8) is 0 Å². The zero-order valence-corrected chi connectivity index (χ0v) is 15.6. The van der Waals surface area contributed by atoms with Gasteiger partial charge in [0.05, 0.1) is 11.1 Å². The van der Waals surface area contributed by atoms with E-state index < -0.39 is 0 Å². The largest absolute Gasteiger partial charge is 0.339 e. The Morgan fingerprint density at radius 3 is 2.54 bits per heavy atom. The molecule has 1 aromatic heterocycles. The third-order valence-electron chi connectivity index (χ3n) is 5.17. The Bertz CT molecular complexity index is 824. The molecule has 136 valence electrons. The first kappa shape index (κ1) is 18.1. The molecule has 2 aromatic rings. The molecule has 0 atom stereocenters. The van der Waals surface area contributed by atoms with Crippen LogP contribution in [0.5, 0.6) is 0 Å². The molecule has 2 heterocycles. The fraction of sp³-hybridized carbons (Fsp3) is 0.381. The minimum absolute atomic E-state index is 0.0502. The van der Waals surface area contributed by atoms with Gasteiger partial charge < -0.3 is 10.2 Å². The summed E-state index contributed by atoms with van der Waals surface area (Å²) in [6, 6.07) is 7.42. The minimum atomic E-state index is -0.256. The first-order chi connectivity index (χ1) is 12.5. The van der Waals surface area contributed by atoms with Crippen molar-refractivity contribution in [1.82, 2.24) is 9.88 Å². The summed E-state index contributed by atoms with van der Waals surface area (Å²) < 4.78 is 0. The van der Waals surface area contributed by atoms with Gasteiger partial charge in [-0.1, -0.05) is 19.1 Å². The summed E-state index contributed by atoms with van der Waals surface area (Å²) in [4.78, 5) is 31.2. The van der Waals surface area contributed by atoms with E-state index in [0.29, 0.717) is 17.0 Å². The predicted molar refractivity (Wildman–Crippen MR) is 102 cm³/mol. The highest BCUT2D eigenvalue weighted by Crippen LogP contribution is 2.20. The van der Waals surface area contributed by atoms with E-state index in [1.54, 1.807) is 6.07 Å². The maximum absolute atomic E-state index is 12.7. The Morgan fingerprint density at radius 2 is 1.81 bits per heavy atom. The number of pyridine rings is 1.